The maximum Gasteiger partial charge on any atom is 0.335 e. The first-order chi connectivity index (χ1) is 20.9. The number of aromatic carboxylic acids is 1. The van der Waals surface area contributed by atoms with E-state index in [0.29, 0.717) is 48.5 Å². The molecule has 4 heterocycles. The SMILES string of the molecule is Cc1cccc(Cl)c1-c1noc(C2CC2)c1CO[C@@H]1C[C@@H]2C[C@H]1CN2c1nc2c(OC3CCOC3)cc(C(=O)O)cc2s1. The zero-order valence-corrected chi connectivity index (χ0v) is 25.3. The second-order valence-corrected chi connectivity index (χ2v) is 13.6. The Bertz CT molecular complexity index is 1690. The highest BCUT2D eigenvalue weighted by Crippen LogP contribution is 2.48. The number of fused-ring (bicyclic) bond motifs is 3. The van der Waals surface area contributed by atoms with Crippen molar-refractivity contribution in [3.8, 4) is 17.0 Å². The molecule has 2 aliphatic carbocycles. The molecule has 2 aromatic carbocycles. The summed E-state index contributed by atoms with van der Waals surface area (Å²) >= 11 is 8.15. The number of ether oxygens (including phenoxy) is 3. The van der Waals surface area contributed by atoms with Crippen molar-refractivity contribution in [1.29, 1.82) is 0 Å². The minimum atomic E-state index is -0.977. The molecular weight excluding hydrogens is 590 g/mol. The van der Waals surface area contributed by atoms with E-state index in [0.717, 1.165) is 82.1 Å². The largest absolute Gasteiger partial charge is 0.486 e. The Kier molecular flexibility index (Phi) is 6.85. The number of nitrogens with zero attached hydrogens (tertiary/aromatic N) is 3. The molecule has 4 aromatic rings. The molecule has 2 aromatic heterocycles. The average Bonchev–Trinajstić information content (AvgIpc) is 3.48. The fourth-order valence-corrected chi connectivity index (χ4v) is 8.31. The van der Waals surface area contributed by atoms with E-state index in [4.69, 9.17) is 35.3 Å². The minimum absolute atomic E-state index is 0.0914. The molecule has 0 radical (unpaired) electrons. The van der Waals surface area contributed by atoms with Gasteiger partial charge in [0.15, 0.2) is 5.13 Å². The molecule has 4 aliphatic rings. The highest BCUT2D eigenvalue weighted by molar-refractivity contribution is 7.22. The molecule has 4 atom stereocenters. The van der Waals surface area contributed by atoms with E-state index >= 15 is 0 Å². The van der Waals surface area contributed by atoms with Crippen LogP contribution in [0, 0.1) is 12.8 Å². The summed E-state index contributed by atoms with van der Waals surface area (Å²) in [5.41, 5.74) is 4.74. The summed E-state index contributed by atoms with van der Waals surface area (Å²) in [6.07, 6.45) is 5.01. The monoisotopic (exact) mass is 621 g/mol. The summed E-state index contributed by atoms with van der Waals surface area (Å²) in [7, 11) is 0. The van der Waals surface area contributed by atoms with Gasteiger partial charge in [-0.2, -0.15) is 0 Å². The van der Waals surface area contributed by atoms with Crippen LogP contribution in [0.3, 0.4) is 0 Å². The van der Waals surface area contributed by atoms with Crippen LogP contribution in [-0.4, -0.2) is 59.2 Å². The van der Waals surface area contributed by atoms with Gasteiger partial charge in [-0.25, -0.2) is 9.78 Å². The van der Waals surface area contributed by atoms with E-state index in [-0.39, 0.29) is 17.8 Å². The minimum Gasteiger partial charge on any atom is -0.486 e. The van der Waals surface area contributed by atoms with Gasteiger partial charge in [0.2, 0.25) is 0 Å². The average molecular weight is 622 g/mol. The van der Waals surface area contributed by atoms with Crippen LogP contribution in [0.4, 0.5) is 5.13 Å². The fraction of sp³-hybridized carbons (Fsp3) is 0.469. The number of rotatable bonds is 9. The maximum absolute atomic E-state index is 11.8. The third kappa shape index (κ3) is 4.98. The van der Waals surface area contributed by atoms with Crippen LogP contribution >= 0.6 is 22.9 Å². The Hall–Kier alpha value is -3.18. The second kappa shape index (κ2) is 10.8. The molecular formula is C32H32ClN3O6S. The number of carboxylic acids is 1. The van der Waals surface area contributed by atoms with Crippen molar-refractivity contribution in [1.82, 2.24) is 10.1 Å². The molecule has 2 saturated carbocycles. The molecule has 0 amide bonds. The molecule has 4 fully saturated rings. The van der Waals surface area contributed by atoms with Crippen molar-refractivity contribution in [3.05, 3.63) is 57.8 Å². The lowest BCUT2D eigenvalue weighted by Gasteiger charge is -2.31. The van der Waals surface area contributed by atoms with Gasteiger partial charge in [-0.05, 0) is 56.4 Å². The molecule has 1 unspecified atom stereocenters. The molecule has 11 heteroatoms. The Labute approximate surface area is 257 Å². The molecule has 2 bridgehead atoms. The van der Waals surface area contributed by atoms with Gasteiger partial charge in [-0.15, -0.1) is 0 Å². The van der Waals surface area contributed by atoms with Gasteiger partial charge in [-0.3, -0.25) is 0 Å². The van der Waals surface area contributed by atoms with Gasteiger partial charge >= 0.3 is 5.97 Å². The maximum atomic E-state index is 11.8. The van der Waals surface area contributed by atoms with Gasteiger partial charge in [0.25, 0.3) is 0 Å². The highest BCUT2D eigenvalue weighted by Gasteiger charge is 2.47. The van der Waals surface area contributed by atoms with E-state index in [9.17, 15) is 9.90 Å². The summed E-state index contributed by atoms with van der Waals surface area (Å²) in [4.78, 5) is 19.2. The molecule has 0 spiro atoms. The number of carboxylic acid groups (broad SMARTS) is 1. The third-order valence-electron chi connectivity index (χ3n) is 9.27. The van der Waals surface area contributed by atoms with E-state index in [1.54, 1.807) is 12.1 Å². The molecule has 2 aliphatic heterocycles. The summed E-state index contributed by atoms with van der Waals surface area (Å²) in [6, 6.07) is 9.50. The van der Waals surface area contributed by atoms with Crippen molar-refractivity contribution in [2.45, 2.75) is 69.8 Å². The number of piperidine rings is 1. The van der Waals surface area contributed by atoms with Crippen molar-refractivity contribution < 1.29 is 28.6 Å². The lowest BCUT2D eigenvalue weighted by atomic mass is 10.00. The highest BCUT2D eigenvalue weighted by atomic mass is 35.5. The predicted octanol–water partition coefficient (Wildman–Crippen LogP) is 6.84. The number of carbonyl (C=O) groups is 1. The Balaban J connectivity index is 1.00. The number of halogens is 1. The number of anilines is 1. The normalized spacial score (nSPS) is 24.8. The molecule has 43 heavy (non-hydrogen) atoms. The van der Waals surface area contributed by atoms with Crippen LogP contribution in [-0.2, 0) is 16.1 Å². The smallest absolute Gasteiger partial charge is 0.335 e. The molecule has 1 N–H and O–H groups in total. The number of hydrogen-bond acceptors (Lipinski definition) is 9. The fourth-order valence-electron chi connectivity index (χ4n) is 6.90. The summed E-state index contributed by atoms with van der Waals surface area (Å²) < 4.78 is 25.0. The first-order valence-corrected chi connectivity index (χ1v) is 16.2. The molecule has 9 nitrogen and oxygen atoms in total. The molecule has 8 rings (SSSR count). The van der Waals surface area contributed by atoms with E-state index in [1.165, 1.54) is 11.3 Å². The van der Waals surface area contributed by atoms with Gasteiger partial charge in [0.05, 0.1) is 41.2 Å². The lowest BCUT2D eigenvalue weighted by molar-refractivity contribution is 0.0122. The van der Waals surface area contributed by atoms with Gasteiger partial charge in [0.1, 0.15) is 28.8 Å². The van der Waals surface area contributed by atoms with Crippen molar-refractivity contribution in [2.24, 2.45) is 5.92 Å². The number of benzene rings is 2. The van der Waals surface area contributed by atoms with Gasteiger partial charge in [0, 0.05) is 42.0 Å². The summed E-state index contributed by atoms with van der Waals surface area (Å²) in [6.45, 7) is 4.50. The topological polar surface area (TPSA) is 107 Å². The first kappa shape index (κ1) is 27.4. The van der Waals surface area contributed by atoms with Crippen LogP contribution in [0.5, 0.6) is 5.75 Å². The number of aromatic nitrogens is 2. The zero-order chi connectivity index (χ0) is 29.2. The third-order valence-corrected chi connectivity index (χ3v) is 10.6. The second-order valence-electron chi connectivity index (χ2n) is 12.2. The zero-order valence-electron chi connectivity index (χ0n) is 23.8. The van der Waals surface area contributed by atoms with Gasteiger partial charge < -0.3 is 28.7 Å². The van der Waals surface area contributed by atoms with Crippen LogP contribution in [0.15, 0.2) is 34.9 Å². The molecule has 2 saturated heterocycles. The Morgan fingerprint density at radius 2 is 2.12 bits per heavy atom. The van der Waals surface area contributed by atoms with Crippen molar-refractivity contribution in [2.75, 3.05) is 24.7 Å². The number of aryl methyl sites for hydroxylation is 1. The molecule has 224 valence electrons. The van der Waals surface area contributed by atoms with Crippen LogP contribution in [0.25, 0.3) is 21.5 Å². The van der Waals surface area contributed by atoms with Crippen LogP contribution in [0.1, 0.15) is 65.3 Å². The lowest BCUT2D eigenvalue weighted by Crippen LogP contribution is -2.38. The predicted molar refractivity (Wildman–Crippen MR) is 163 cm³/mol. The van der Waals surface area contributed by atoms with Gasteiger partial charge in [-0.1, -0.05) is 40.2 Å². The Morgan fingerprint density at radius 1 is 1.23 bits per heavy atom. The summed E-state index contributed by atoms with van der Waals surface area (Å²) in [5.74, 6) is 1.27. The quantitative estimate of drug-likeness (QED) is 0.215. The van der Waals surface area contributed by atoms with E-state index < -0.39 is 5.97 Å². The first-order valence-electron chi connectivity index (χ1n) is 15.0. The number of thiazole rings is 1. The summed E-state index contributed by atoms with van der Waals surface area (Å²) in [5, 5.41) is 15.8. The van der Waals surface area contributed by atoms with E-state index in [1.807, 2.05) is 25.1 Å². The number of hydrogen-bond donors (Lipinski definition) is 1. The van der Waals surface area contributed by atoms with Crippen molar-refractivity contribution >= 4 is 44.3 Å². The van der Waals surface area contributed by atoms with Crippen LogP contribution < -0.4 is 9.64 Å². The van der Waals surface area contributed by atoms with Crippen LogP contribution in [0.2, 0.25) is 5.02 Å². The standard InChI is InChI=1S/C32H32ClN3O6S/c1-16-3-2-4-23(33)27(16)28-22(30(42-35-28)17-5-6-17)15-40-24-12-20-9-19(24)13-36(20)32-34-29-25(41-21-7-8-39-14-21)10-18(31(37)38)11-26(29)43-32/h2-4,10-11,17,19-21,24H,5-9,12-15H2,1H3,(H,37,38)/t19-,20-,21?,24+/m0/s1. The van der Waals surface area contributed by atoms with E-state index in [2.05, 4.69) is 10.1 Å². The Morgan fingerprint density at radius 3 is 2.84 bits per heavy atom. The van der Waals surface area contributed by atoms with Crippen molar-refractivity contribution in [3.63, 3.8) is 0 Å².